The number of anilines is 2. The molecular formula is C17H16ClN5O. The molecule has 0 saturated heterocycles. The highest BCUT2D eigenvalue weighted by molar-refractivity contribution is 6.30. The lowest BCUT2D eigenvalue weighted by molar-refractivity contribution is 0.282. The molecular weight excluding hydrogens is 326 g/mol. The maximum Gasteiger partial charge on any atom is 0.228 e. The normalized spacial score (nSPS) is 10.6. The molecule has 0 aliphatic heterocycles. The lowest BCUT2D eigenvalue weighted by Crippen LogP contribution is -2.08. The first kappa shape index (κ1) is 16.2. The molecule has 24 heavy (non-hydrogen) atoms. The predicted octanol–water partition coefficient (Wildman–Crippen LogP) is 2.88. The molecule has 0 aliphatic carbocycles. The van der Waals surface area contributed by atoms with Crippen LogP contribution in [0.25, 0.3) is 11.4 Å². The van der Waals surface area contributed by atoms with E-state index in [2.05, 4.69) is 20.3 Å². The summed E-state index contributed by atoms with van der Waals surface area (Å²) in [5, 5.41) is 13.2. The summed E-state index contributed by atoms with van der Waals surface area (Å²) in [6.45, 7) is 0.414. The average Bonchev–Trinajstić information content (AvgIpc) is 2.60. The van der Waals surface area contributed by atoms with Crippen LogP contribution in [0.4, 0.5) is 11.9 Å². The Kier molecular flexibility index (Phi) is 4.88. The van der Waals surface area contributed by atoms with E-state index in [1.807, 2.05) is 30.3 Å². The molecule has 0 fully saturated rings. The number of nitrogen functional groups attached to an aromatic ring is 1. The number of nitrogens with one attached hydrogen (secondary N) is 1. The lowest BCUT2D eigenvalue weighted by Gasteiger charge is -2.10. The molecule has 0 spiro atoms. The van der Waals surface area contributed by atoms with Crippen molar-refractivity contribution in [2.75, 3.05) is 11.1 Å². The number of nitrogens with zero attached hydrogens (tertiary/aromatic N) is 3. The van der Waals surface area contributed by atoms with Crippen molar-refractivity contribution in [3.63, 3.8) is 0 Å². The maximum atomic E-state index is 9.50. The van der Waals surface area contributed by atoms with E-state index in [1.54, 1.807) is 18.2 Å². The van der Waals surface area contributed by atoms with Gasteiger partial charge in [-0.1, -0.05) is 48.0 Å². The smallest absolute Gasteiger partial charge is 0.228 e. The summed E-state index contributed by atoms with van der Waals surface area (Å²) < 4.78 is 0. The number of hydrogen-bond acceptors (Lipinski definition) is 6. The van der Waals surface area contributed by atoms with E-state index in [0.29, 0.717) is 34.5 Å². The molecule has 0 unspecified atom stereocenters. The van der Waals surface area contributed by atoms with Crippen molar-refractivity contribution in [1.29, 1.82) is 0 Å². The third kappa shape index (κ3) is 3.79. The number of rotatable bonds is 5. The second-order valence-corrected chi connectivity index (χ2v) is 5.58. The van der Waals surface area contributed by atoms with Gasteiger partial charge in [0.1, 0.15) is 0 Å². The maximum absolute atomic E-state index is 9.50. The zero-order valence-corrected chi connectivity index (χ0v) is 13.5. The highest BCUT2D eigenvalue weighted by atomic mass is 35.5. The van der Waals surface area contributed by atoms with Crippen molar-refractivity contribution in [3.8, 4) is 11.4 Å². The summed E-state index contributed by atoms with van der Waals surface area (Å²) >= 11 is 6.04. The zero-order chi connectivity index (χ0) is 16.9. The van der Waals surface area contributed by atoms with Crippen LogP contribution in [-0.2, 0) is 13.2 Å². The van der Waals surface area contributed by atoms with Crippen molar-refractivity contribution in [1.82, 2.24) is 15.0 Å². The van der Waals surface area contributed by atoms with E-state index in [4.69, 9.17) is 17.3 Å². The van der Waals surface area contributed by atoms with Gasteiger partial charge in [0.05, 0.1) is 6.61 Å². The number of aliphatic hydroxyl groups excluding tert-OH is 1. The number of nitrogens with two attached hydrogens (primary N) is 1. The molecule has 0 atom stereocenters. The number of aliphatic hydroxyl groups is 1. The SMILES string of the molecule is Nc1nc(NCc2ccccc2)nc(-c2cc(Cl)ccc2CO)n1. The van der Waals surface area contributed by atoms with Gasteiger partial charge in [-0.05, 0) is 23.3 Å². The van der Waals surface area contributed by atoms with Crippen LogP contribution in [0.1, 0.15) is 11.1 Å². The van der Waals surface area contributed by atoms with Gasteiger partial charge in [0.2, 0.25) is 11.9 Å². The van der Waals surface area contributed by atoms with Gasteiger partial charge < -0.3 is 16.2 Å². The molecule has 1 aromatic heterocycles. The minimum Gasteiger partial charge on any atom is -0.392 e. The highest BCUT2D eigenvalue weighted by Crippen LogP contribution is 2.25. The molecule has 0 bridgehead atoms. The van der Waals surface area contributed by atoms with Crippen LogP contribution in [0.5, 0.6) is 0 Å². The van der Waals surface area contributed by atoms with Gasteiger partial charge in [-0.15, -0.1) is 0 Å². The molecule has 2 aromatic carbocycles. The number of halogens is 1. The fourth-order valence-corrected chi connectivity index (χ4v) is 2.44. The quantitative estimate of drug-likeness (QED) is 0.660. The number of benzene rings is 2. The van der Waals surface area contributed by atoms with Crippen LogP contribution in [0.3, 0.4) is 0 Å². The first-order valence-corrected chi connectivity index (χ1v) is 7.72. The predicted molar refractivity (Wildman–Crippen MR) is 94.4 cm³/mol. The summed E-state index contributed by atoms with van der Waals surface area (Å²) in [6.07, 6.45) is 0. The number of aromatic nitrogens is 3. The largest absolute Gasteiger partial charge is 0.392 e. The van der Waals surface area contributed by atoms with Crippen molar-refractivity contribution in [3.05, 3.63) is 64.7 Å². The first-order valence-electron chi connectivity index (χ1n) is 7.34. The molecule has 0 aliphatic rings. The van der Waals surface area contributed by atoms with Crippen LogP contribution in [0.2, 0.25) is 5.02 Å². The standard InChI is InChI=1S/C17H16ClN5O/c18-13-7-6-12(10-24)14(8-13)15-21-16(19)23-17(22-15)20-9-11-4-2-1-3-5-11/h1-8,24H,9-10H2,(H3,19,20,21,22,23). The molecule has 4 N–H and O–H groups in total. The van der Waals surface area contributed by atoms with E-state index < -0.39 is 0 Å². The first-order chi connectivity index (χ1) is 11.7. The molecule has 3 aromatic rings. The van der Waals surface area contributed by atoms with Gasteiger partial charge in [-0.25, -0.2) is 0 Å². The van der Waals surface area contributed by atoms with E-state index in [-0.39, 0.29) is 12.6 Å². The Morgan fingerprint density at radius 3 is 2.58 bits per heavy atom. The summed E-state index contributed by atoms with van der Waals surface area (Å²) in [7, 11) is 0. The van der Waals surface area contributed by atoms with Gasteiger partial charge >= 0.3 is 0 Å². The second-order valence-electron chi connectivity index (χ2n) is 5.14. The molecule has 3 rings (SSSR count). The third-order valence-electron chi connectivity index (χ3n) is 3.43. The minimum atomic E-state index is -0.148. The summed E-state index contributed by atoms with van der Waals surface area (Å²) in [6, 6.07) is 15.0. The van der Waals surface area contributed by atoms with Gasteiger partial charge in [0, 0.05) is 17.1 Å². The second kappa shape index (κ2) is 7.25. The Morgan fingerprint density at radius 1 is 1.04 bits per heavy atom. The topological polar surface area (TPSA) is 97.0 Å². The molecule has 7 heteroatoms. The Bertz CT molecular complexity index is 842. The van der Waals surface area contributed by atoms with Crippen molar-refractivity contribution in [2.24, 2.45) is 0 Å². The van der Waals surface area contributed by atoms with E-state index >= 15 is 0 Å². The van der Waals surface area contributed by atoms with Crippen LogP contribution in [-0.4, -0.2) is 20.1 Å². The molecule has 0 amide bonds. The molecule has 0 saturated carbocycles. The van der Waals surface area contributed by atoms with Gasteiger partial charge in [-0.3, -0.25) is 0 Å². The molecule has 6 nitrogen and oxygen atoms in total. The van der Waals surface area contributed by atoms with E-state index in [0.717, 1.165) is 5.56 Å². The Hall–Kier alpha value is -2.70. The Morgan fingerprint density at radius 2 is 1.83 bits per heavy atom. The van der Waals surface area contributed by atoms with Crippen LogP contribution < -0.4 is 11.1 Å². The summed E-state index contributed by atoms with van der Waals surface area (Å²) in [5.74, 6) is 0.828. The van der Waals surface area contributed by atoms with Gasteiger partial charge in [-0.2, -0.15) is 15.0 Å². The Balaban J connectivity index is 1.90. The van der Waals surface area contributed by atoms with Crippen LogP contribution in [0.15, 0.2) is 48.5 Å². The van der Waals surface area contributed by atoms with Crippen molar-refractivity contribution in [2.45, 2.75) is 13.2 Å². The van der Waals surface area contributed by atoms with E-state index in [9.17, 15) is 5.11 Å². The Labute approximate surface area is 144 Å². The van der Waals surface area contributed by atoms with Crippen LogP contribution in [0, 0.1) is 0 Å². The fraction of sp³-hybridized carbons (Fsp3) is 0.118. The van der Waals surface area contributed by atoms with Gasteiger partial charge in [0.15, 0.2) is 5.82 Å². The summed E-state index contributed by atoms with van der Waals surface area (Å²) in [5.41, 5.74) is 8.18. The van der Waals surface area contributed by atoms with Crippen LogP contribution >= 0.6 is 11.6 Å². The zero-order valence-electron chi connectivity index (χ0n) is 12.8. The van der Waals surface area contributed by atoms with Crippen molar-refractivity contribution >= 4 is 23.5 Å². The fourth-order valence-electron chi connectivity index (χ4n) is 2.26. The highest BCUT2D eigenvalue weighted by Gasteiger charge is 2.11. The minimum absolute atomic E-state index is 0.0967. The van der Waals surface area contributed by atoms with Gasteiger partial charge in [0.25, 0.3) is 0 Å². The lowest BCUT2D eigenvalue weighted by atomic mass is 10.1. The molecule has 0 radical (unpaired) electrons. The van der Waals surface area contributed by atoms with E-state index in [1.165, 1.54) is 0 Å². The third-order valence-corrected chi connectivity index (χ3v) is 3.66. The average molecular weight is 342 g/mol. The molecule has 1 heterocycles. The van der Waals surface area contributed by atoms with Crippen molar-refractivity contribution < 1.29 is 5.11 Å². The molecule has 122 valence electrons. The monoisotopic (exact) mass is 341 g/mol. The number of hydrogen-bond donors (Lipinski definition) is 3. The summed E-state index contributed by atoms with van der Waals surface area (Å²) in [4.78, 5) is 12.6.